The maximum absolute atomic E-state index is 12.6. The second-order valence-electron chi connectivity index (χ2n) is 9.63. The van der Waals surface area contributed by atoms with Gasteiger partial charge in [0, 0.05) is 24.8 Å². The van der Waals surface area contributed by atoms with Crippen molar-refractivity contribution in [2.24, 2.45) is 11.7 Å². The van der Waals surface area contributed by atoms with E-state index in [2.05, 4.69) is 10.3 Å². The fraction of sp³-hybridized carbons (Fsp3) is 0.520. The van der Waals surface area contributed by atoms with Gasteiger partial charge in [-0.05, 0) is 30.7 Å². The van der Waals surface area contributed by atoms with Crippen LogP contribution >= 0.6 is 0 Å². The zero-order valence-corrected chi connectivity index (χ0v) is 20.9. The molecule has 14 nitrogen and oxygen atoms in total. The highest BCUT2D eigenvalue weighted by Gasteiger charge is 2.48. The van der Waals surface area contributed by atoms with Gasteiger partial charge in [-0.15, -0.1) is 0 Å². The zero-order valence-electron chi connectivity index (χ0n) is 20.9. The molecule has 2 aromatic rings. The number of nitrogens with zero attached hydrogens (tertiary/aromatic N) is 1. The number of carboxylic acid groups (broad SMARTS) is 1. The number of amides is 1. The van der Waals surface area contributed by atoms with Crippen molar-refractivity contribution in [2.75, 3.05) is 6.54 Å². The van der Waals surface area contributed by atoms with Gasteiger partial charge < -0.3 is 40.6 Å². The standard InChI is InChI=1S/C25H32N4O10/c26-11-16-19(31)20(32)23(38-16)39-21(14-6-7-15(10-14)29-9-8-17(30)27-24(29)35)18(22(33)34)28-25(36)37-12-13-4-2-1-3-5-13/h1-5,8-9,14-16,18-21,23,31-32H,6-7,10-12,26H2,(H,28,36)(H,33,34)(H,27,30,35)/t14-,15+,16-,18+,19-,20-,21-,23+/m1/s1. The van der Waals surface area contributed by atoms with E-state index in [1.165, 1.54) is 16.8 Å². The number of nitrogens with two attached hydrogens (primary N) is 1. The van der Waals surface area contributed by atoms with E-state index in [1.54, 1.807) is 30.3 Å². The Kier molecular flexibility index (Phi) is 9.14. The number of carbonyl (C=O) groups is 2. The molecule has 1 aromatic carbocycles. The predicted molar refractivity (Wildman–Crippen MR) is 133 cm³/mol. The SMILES string of the molecule is NC[C@H]1O[C@@H](O[C@H]([C@@H]2CC[C@H](n3ccc(=O)[nH]c3=O)C2)[C@H](NC(=O)OCc2ccccc2)C(=O)O)[C@H](O)[C@@H]1O. The molecule has 1 saturated carbocycles. The lowest BCUT2D eigenvalue weighted by Gasteiger charge is -2.32. The molecule has 212 valence electrons. The van der Waals surface area contributed by atoms with E-state index in [1.807, 2.05) is 0 Å². The molecule has 8 atom stereocenters. The first kappa shape index (κ1) is 28.4. The summed E-state index contributed by atoms with van der Waals surface area (Å²) in [6.07, 6.45) is -5.02. The monoisotopic (exact) mass is 548 g/mol. The third kappa shape index (κ3) is 6.72. The van der Waals surface area contributed by atoms with Crippen LogP contribution in [0.3, 0.4) is 0 Å². The number of nitrogens with one attached hydrogen (secondary N) is 2. The molecule has 4 rings (SSSR count). The molecule has 0 bridgehead atoms. The molecule has 1 aromatic heterocycles. The number of H-pyrrole nitrogens is 1. The highest BCUT2D eigenvalue weighted by Crippen LogP contribution is 2.39. The number of alkyl carbamates (subject to hydrolysis) is 1. The fourth-order valence-electron chi connectivity index (χ4n) is 5.07. The molecule has 1 saturated heterocycles. The number of benzene rings is 1. The molecule has 7 N–H and O–H groups in total. The number of aromatic amines is 1. The van der Waals surface area contributed by atoms with E-state index >= 15 is 0 Å². The summed E-state index contributed by atoms with van der Waals surface area (Å²) in [5.74, 6) is -1.96. The first-order valence-electron chi connectivity index (χ1n) is 12.6. The molecule has 0 radical (unpaired) electrons. The van der Waals surface area contributed by atoms with Crippen molar-refractivity contribution in [1.82, 2.24) is 14.9 Å². The van der Waals surface area contributed by atoms with Gasteiger partial charge >= 0.3 is 17.8 Å². The Balaban J connectivity index is 1.54. The summed E-state index contributed by atoms with van der Waals surface area (Å²) in [5.41, 5.74) is 5.13. The van der Waals surface area contributed by atoms with E-state index < -0.39 is 66.0 Å². The number of aliphatic carboxylic acids is 1. The Bertz CT molecular complexity index is 1250. The number of ether oxygens (including phenoxy) is 3. The van der Waals surface area contributed by atoms with Gasteiger partial charge in [0.25, 0.3) is 5.56 Å². The number of hydrogen-bond acceptors (Lipinski definition) is 10. The molecule has 2 aliphatic rings. The molecule has 2 fully saturated rings. The summed E-state index contributed by atoms with van der Waals surface area (Å²) in [5, 5.41) is 33.1. The highest BCUT2D eigenvalue weighted by atomic mass is 16.7. The van der Waals surface area contributed by atoms with Crippen LogP contribution in [0.4, 0.5) is 4.79 Å². The second-order valence-corrected chi connectivity index (χ2v) is 9.63. The van der Waals surface area contributed by atoms with Crippen molar-refractivity contribution in [3.8, 4) is 0 Å². The van der Waals surface area contributed by atoms with Crippen molar-refractivity contribution >= 4 is 12.1 Å². The van der Waals surface area contributed by atoms with Gasteiger partial charge in [-0.25, -0.2) is 14.4 Å². The Morgan fingerprint density at radius 2 is 1.90 bits per heavy atom. The molecule has 14 heteroatoms. The van der Waals surface area contributed by atoms with Crippen molar-refractivity contribution < 1.29 is 39.1 Å². The van der Waals surface area contributed by atoms with Crippen LogP contribution in [0.1, 0.15) is 30.9 Å². The third-order valence-corrected chi connectivity index (χ3v) is 7.08. The molecule has 39 heavy (non-hydrogen) atoms. The number of carboxylic acids is 1. The minimum absolute atomic E-state index is 0.0972. The van der Waals surface area contributed by atoms with Crippen LogP contribution in [-0.4, -0.2) is 80.2 Å². The van der Waals surface area contributed by atoms with Crippen LogP contribution in [0.25, 0.3) is 0 Å². The van der Waals surface area contributed by atoms with Crippen molar-refractivity contribution in [2.45, 2.75) is 68.7 Å². The number of aromatic nitrogens is 2. The molecule has 1 aliphatic carbocycles. The van der Waals surface area contributed by atoms with Crippen LogP contribution in [0.15, 0.2) is 52.2 Å². The van der Waals surface area contributed by atoms with E-state index in [0.717, 1.165) is 0 Å². The average molecular weight is 549 g/mol. The third-order valence-electron chi connectivity index (χ3n) is 7.08. The quantitative estimate of drug-likeness (QED) is 0.213. The lowest BCUT2D eigenvalue weighted by molar-refractivity contribution is -0.208. The van der Waals surface area contributed by atoms with Gasteiger partial charge in [0.15, 0.2) is 12.3 Å². The Morgan fingerprint density at radius 3 is 2.54 bits per heavy atom. The minimum atomic E-state index is -1.63. The van der Waals surface area contributed by atoms with Crippen molar-refractivity contribution in [3.05, 3.63) is 69.0 Å². The first-order chi connectivity index (χ1) is 18.7. The smallest absolute Gasteiger partial charge is 0.408 e. The Labute approximate surface area is 222 Å². The molecule has 0 unspecified atom stereocenters. The normalized spacial score (nSPS) is 28.1. The topological polar surface area (TPSA) is 215 Å². The van der Waals surface area contributed by atoms with E-state index in [-0.39, 0.29) is 25.6 Å². The van der Waals surface area contributed by atoms with Crippen LogP contribution in [0, 0.1) is 5.92 Å². The van der Waals surface area contributed by atoms with Crippen LogP contribution in [0.2, 0.25) is 0 Å². The Hall–Kier alpha value is -3.56. The summed E-state index contributed by atoms with van der Waals surface area (Å²) in [7, 11) is 0. The lowest BCUT2D eigenvalue weighted by atomic mass is 9.93. The zero-order chi connectivity index (χ0) is 28.1. The number of hydrogen-bond donors (Lipinski definition) is 6. The van der Waals surface area contributed by atoms with Gasteiger partial charge in [0.1, 0.15) is 24.9 Å². The minimum Gasteiger partial charge on any atom is -0.480 e. The van der Waals surface area contributed by atoms with E-state index in [9.17, 15) is 34.5 Å². The summed E-state index contributed by atoms with van der Waals surface area (Å²) >= 11 is 0. The lowest BCUT2D eigenvalue weighted by Crippen LogP contribution is -2.54. The predicted octanol–water partition coefficient (Wildman–Crippen LogP) is -0.952. The van der Waals surface area contributed by atoms with Crippen LogP contribution < -0.4 is 22.3 Å². The molecule has 0 spiro atoms. The number of rotatable bonds is 10. The molecule has 1 amide bonds. The van der Waals surface area contributed by atoms with Crippen LogP contribution in [-0.2, 0) is 25.6 Å². The second kappa shape index (κ2) is 12.5. The van der Waals surface area contributed by atoms with Gasteiger partial charge in [-0.2, -0.15) is 0 Å². The largest absolute Gasteiger partial charge is 0.480 e. The van der Waals surface area contributed by atoms with E-state index in [0.29, 0.717) is 18.4 Å². The molecular weight excluding hydrogens is 516 g/mol. The maximum atomic E-state index is 12.6. The summed E-state index contributed by atoms with van der Waals surface area (Å²) in [6.45, 7) is -0.213. The van der Waals surface area contributed by atoms with Crippen molar-refractivity contribution in [1.29, 1.82) is 0 Å². The van der Waals surface area contributed by atoms with Gasteiger partial charge in [0.05, 0.1) is 6.10 Å². The van der Waals surface area contributed by atoms with Gasteiger partial charge in [-0.3, -0.25) is 14.3 Å². The summed E-state index contributed by atoms with van der Waals surface area (Å²) in [4.78, 5) is 51.0. The summed E-state index contributed by atoms with van der Waals surface area (Å²) in [6, 6.07) is 8.00. The highest BCUT2D eigenvalue weighted by molar-refractivity contribution is 5.80. The Morgan fingerprint density at radius 1 is 1.15 bits per heavy atom. The van der Waals surface area contributed by atoms with E-state index in [4.69, 9.17) is 19.9 Å². The van der Waals surface area contributed by atoms with Crippen LogP contribution in [0.5, 0.6) is 0 Å². The molecule has 1 aliphatic heterocycles. The molecule has 2 heterocycles. The number of aliphatic hydroxyl groups is 2. The first-order valence-corrected chi connectivity index (χ1v) is 12.6. The number of carbonyl (C=O) groups excluding carboxylic acids is 1. The van der Waals surface area contributed by atoms with Gasteiger partial charge in [0.2, 0.25) is 0 Å². The summed E-state index contributed by atoms with van der Waals surface area (Å²) < 4.78 is 18.0. The maximum Gasteiger partial charge on any atom is 0.408 e. The molecular formula is C25H32N4O10. The van der Waals surface area contributed by atoms with Gasteiger partial charge in [-0.1, -0.05) is 30.3 Å². The van der Waals surface area contributed by atoms with Crippen molar-refractivity contribution in [3.63, 3.8) is 0 Å². The average Bonchev–Trinajstić information content (AvgIpc) is 3.50. The number of aliphatic hydroxyl groups excluding tert-OH is 2. The fourth-order valence-corrected chi connectivity index (χ4v) is 5.07.